The van der Waals surface area contributed by atoms with Gasteiger partial charge in [-0.25, -0.2) is 9.18 Å². The van der Waals surface area contributed by atoms with Crippen LogP contribution in [0.15, 0.2) is 36.4 Å². The molecule has 2 atom stereocenters. The van der Waals surface area contributed by atoms with E-state index in [-0.39, 0.29) is 22.9 Å². The molecule has 0 radical (unpaired) electrons. The van der Waals surface area contributed by atoms with Crippen molar-refractivity contribution in [3.05, 3.63) is 47.7 Å². The van der Waals surface area contributed by atoms with E-state index in [0.717, 1.165) is 31.2 Å². The molecule has 0 spiro atoms. The van der Waals surface area contributed by atoms with E-state index in [2.05, 4.69) is 41.1 Å². The van der Waals surface area contributed by atoms with E-state index in [1.165, 1.54) is 22.7 Å². The van der Waals surface area contributed by atoms with Gasteiger partial charge in [0.1, 0.15) is 5.67 Å². The first-order valence-corrected chi connectivity index (χ1v) is 10.6. The maximum atomic E-state index is 14.8. The fraction of sp³-hybridized carbons (Fsp3) is 0.542. The number of nitrogens with zero attached hydrogens (tertiary/aromatic N) is 1. The minimum Gasteiger partial charge on any atom is -0.478 e. The van der Waals surface area contributed by atoms with Crippen LogP contribution in [0.3, 0.4) is 0 Å². The van der Waals surface area contributed by atoms with Crippen LogP contribution in [0.25, 0.3) is 10.9 Å². The summed E-state index contributed by atoms with van der Waals surface area (Å²) in [7, 11) is 0. The summed E-state index contributed by atoms with van der Waals surface area (Å²) in [5, 5.41) is 10.3. The first-order valence-electron chi connectivity index (χ1n) is 10.6. The van der Waals surface area contributed by atoms with Gasteiger partial charge in [-0.2, -0.15) is 0 Å². The van der Waals surface area contributed by atoms with Gasteiger partial charge >= 0.3 is 5.97 Å². The van der Waals surface area contributed by atoms with E-state index in [4.69, 9.17) is 5.11 Å². The lowest BCUT2D eigenvalue weighted by molar-refractivity contribution is -0.224. The molecular weight excluding hydrogens is 367 g/mol. The van der Waals surface area contributed by atoms with E-state index in [9.17, 15) is 9.18 Å². The Bertz CT molecular complexity index is 996. The van der Waals surface area contributed by atoms with E-state index < -0.39 is 11.6 Å². The standard InChI is InChI=1S/C24H29FN2O2/c1-15-10-17-16-6-4-5-7-18(16)26-20(17)21(27(15)14-22(2,3)25)24-11-23(12-24,13-24)9-8-19(28)29/h4-9,15,21,26H,10-14H2,1-3H3,(H,28,29)/b9-8+/t15-,21+,23?,24?/m1/s1. The molecule has 4 aliphatic rings. The number of allylic oxidation sites excluding steroid dienone is 1. The highest BCUT2D eigenvalue weighted by Crippen LogP contribution is 2.79. The highest BCUT2D eigenvalue weighted by atomic mass is 19.1. The average molecular weight is 397 g/mol. The highest BCUT2D eigenvalue weighted by Gasteiger charge is 2.71. The van der Waals surface area contributed by atoms with Gasteiger partial charge in [-0.05, 0) is 68.9 Å². The molecule has 5 heteroatoms. The number of benzene rings is 1. The predicted molar refractivity (Wildman–Crippen MR) is 112 cm³/mol. The number of hydrogen-bond donors (Lipinski definition) is 2. The number of carboxylic acids is 1. The Labute approximate surface area is 170 Å². The van der Waals surface area contributed by atoms with Crippen LogP contribution in [-0.2, 0) is 11.2 Å². The normalized spacial score (nSPS) is 34.1. The predicted octanol–water partition coefficient (Wildman–Crippen LogP) is 5.01. The average Bonchev–Trinajstić information content (AvgIpc) is 2.91. The molecule has 3 saturated carbocycles. The zero-order chi connectivity index (χ0) is 20.6. The quantitative estimate of drug-likeness (QED) is 0.698. The summed E-state index contributed by atoms with van der Waals surface area (Å²) < 4.78 is 14.8. The maximum absolute atomic E-state index is 14.8. The van der Waals surface area contributed by atoms with E-state index >= 15 is 0 Å². The van der Waals surface area contributed by atoms with Crippen molar-refractivity contribution in [2.75, 3.05) is 6.54 Å². The van der Waals surface area contributed by atoms with Crippen LogP contribution in [0, 0.1) is 10.8 Å². The van der Waals surface area contributed by atoms with Gasteiger partial charge in [0.2, 0.25) is 0 Å². The molecule has 1 aliphatic heterocycles. The van der Waals surface area contributed by atoms with Gasteiger partial charge in [0.05, 0.1) is 6.04 Å². The lowest BCUT2D eigenvalue weighted by Crippen LogP contribution is -2.68. The number of carbonyl (C=O) groups is 1. The SMILES string of the molecule is C[C@@H]1Cc2c([nH]c3ccccc23)[C@@H](C23CC(/C=C/C(=O)O)(C2)C3)N1CC(C)(C)F. The summed E-state index contributed by atoms with van der Waals surface area (Å²) in [5.74, 6) is -0.881. The Morgan fingerprint density at radius 1 is 1.34 bits per heavy atom. The molecule has 154 valence electrons. The van der Waals surface area contributed by atoms with Gasteiger partial charge < -0.3 is 10.1 Å². The fourth-order valence-electron chi connectivity index (χ4n) is 6.51. The van der Waals surface area contributed by atoms with Crippen LogP contribution in [0.5, 0.6) is 0 Å². The minimum atomic E-state index is -1.26. The van der Waals surface area contributed by atoms with Crippen LogP contribution in [0.1, 0.15) is 57.3 Å². The monoisotopic (exact) mass is 396 g/mol. The molecule has 2 aromatic rings. The second-order valence-corrected chi connectivity index (χ2v) is 10.3. The number of hydrogen-bond acceptors (Lipinski definition) is 2. The fourth-order valence-corrected chi connectivity index (χ4v) is 6.51. The highest BCUT2D eigenvalue weighted by molar-refractivity contribution is 5.85. The Kier molecular flexibility index (Phi) is 3.86. The number of aliphatic carboxylic acids is 1. The van der Waals surface area contributed by atoms with Gasteiger partial charge in [-0.1, -0.05) is 24.3 Å². The third-order valence-corrected chi connectivity index (χ3v) is 7.35. The number of nitrogens with one attached hydrogen (secondary N) is 1. The molecule has 4 nitrogen and oxygen atoms in total. The Hall–Kier alpha value is -2.14. The third-order valence-electron chi connectivity index (χ3n) is 7.35. The molecule has 2 bridgehead atoms. The van der Waals surface area contributed by atoms with Gasteiger partial charge in [0.25, 0.3) is 0 Å². The lowest BCUT2D eigenvalue weighted by Gasteiger charge is -2.74. The molecule has 1 aromatic carbocycles. The molecule has 0 unspecified atom stereocenters. The lowest BCUT2D eigenvalue weighted by atomic mass is 9.32. The number of H-pyrrole nitrogens is 1. The summed E-state index contributed by atoms with van der Waals surface area (Å²) in [6.07, 6.45) is 7.06. The number of aromatic amines is 1. The van der Waals surface area contributed by atoms with Crippen LogP contribution < -0.4 is 0 Å². The Morgan fingerprint density at radius 3 is 2.69 bits per heavy atom. The van der Waals surface area contributed by atoms with Gasteiger partial charge in [0, 0.05) is 35.3 Å². The molecular formula is C24H29FN2O2. The van der Waals surface area contributed by atoms with Crippen molar-refractivity contribution in [2.24, 2.45) is 10.8 Å². The Morgan fingerprint density at radius 2 is 2.03 bits per heavy atom. The number of para-hydroxylation sites is 1. The molecule has 3 fully saturated rings. The topological polar surface area (TPSA) is 56.3 Å². The summed E-state index contributed by atoms with van der Waals surface area (Å²) in [6.45, 7) is 5.95. The van der Waals surface area contributed by atoms with Crippen molar-refractivity contribution in [2.45, 2.75) is 64.2 Å². The molecule has 0 amide bonds. The zero-order valence-electron chi connectivity index (χ0n) is 17.3. The van der Waals surface area contributed by atoms with Crippen molar-refractivity contribution in [1.82, 2.24) is 9.88 Å². The first kappa shape index (κ1) is 18.9. The van der Waals surface area contributed by atoms with Crippen LogP contribution in [0.2, 0.25) is 0 Å². The largest absolute Gasteiger partial charge is 0.478 e. The number of aromatic nitrogens is 1. The molecule has 0 saturated heterocycles. The molecule has 2 heterocycles. The number of carboxylic acid groups (broad SMARTS) is 1. The summed E-state index contributed by atoms with van der Waals surface area (Å²) in [6, 6.07) is 8.86. The van der Waals surface area contributed by atoms with E-state index in [0.29, 0.717) is 6.54 Å². The summed E-state index contributed by atoms with van der Waals surface area (Å²) >= 11 is 0. The minimum absolute atomic E-state index is 0.0299. The molecule has 1 aromatic heterocycles. The van der Waals surface area contributed by atoms with Gasteiger partial charge in [-0.15, -0.1) is 0 Å². The van der Waals surface area contributed by atoms with Crippen molar-refractivity contribution in [3.8, 4) is 0 Å². The zero-order valence-corrected chi connectivity index (χ0v) is 17.3. The third kappa shape index (κ3) is 2.85. The van der Waals surface area contributed by atoms with Crippen molar-refractivity contribution in [1.29, 1.82) is 0 Å². The van der Waals surface area contributed by atoms with Crippen LogP contribution >= 0.6 is 0 Å². The number of rotatable bonds is 5. The van der Waals surface area contributed by atoms with Crippen molar-refractivity contribution in [3.63, 3.8) is 0 Å². The smallest absolute Gasteiger partial charge is 0.327 e. The number of alkyl halides is 1. The second kappa shape index (κ2) is 5.94. The molecule has 6 rings (SSSR count). The first-order chi connectivity index (χ1) is 13.6. The second-order valence-electron chi connectivity index (χ2n) is 10.3. The van der Waals surface area contributed by atoms with Crippen LogP contribution in [-0.4, -0.2) is 39.2 Å². The number of halogens is 1. The van der Waals surface area contributed by atoms with Crippen molar-refractivity contribution < 1.29 is 14.3 Å². The number of fused-ring (bicyclic) bond motifs is 3. The van der Waals surface area contributed by atoms with Crippen LogP contribution in [0.4, 0.5) is 4.39 Å². The molecule has 2 N–H and O–H groups in total. The van der Waals surface area contributed by atoms with Crippen molar-refractivity contribution >= 4 is 16.9 Å². The van der Waals surface area contributed by atoms with Gasteiger partial charge in [-0.3, -0.25) is 4.90 Å². The summed E-state index contributed by atoms with van der Waals surface area (Å²) in [4.78, 5) is 17.0. The summed E-state index contributed by atoms with van der Waals surface area (Å²) in [5.41, 5.74) is 2.67. The Balaban J connectivity index is 1.55. The molecule has 3 aliphatic carbocycles. The van der Waals surface area contributed by atoms with E-state index in [1.807, 2.05) is 6.08 Å². The van der Waals surface area contributed by atoms with Gasteiger partial charge in [0.15, 0.2) is 0 Å². The molecule has 29 heavy (non-hydrogen) atoms. The van der Waals surface area contributed by atoms with E-state index in [1.54, 1.807) is 13.8 Å². The maximum Gasteiger partial charge on any atom is 0.327 e.